The summed E-state index contributed by atoms with van der Waals surface area (Å²) < 4.78 is 17.3. The number of carbonyl (C=O) groups excluding carboxylic acids is 3. The lowest BCUT2D eigenvalue weighted by Gasteiger charge is -2.07. The first-order valence-electron chi connectivity index (χ1n) is 7.40. The Kier molecular flexibility index (Phi) is 8.34. The monoisotopic (exact) mass is 324 g/mol. The zero-order valence-electron chi connectivity index (χ0n) is 13.1. The van der Waals surface area contributed by atoms with Gasteiger partial charge in [0.25, 0.3) is 5.91 Å². The number of benzene rings is 1. The summed E-state index contributed by atoms with van der Waals surface area (Å²) >= 11 is 0. The molecule has 0 saturated heterocycles. The number of esters is 1. The summed E-state index contributed by atoms with van der Waals surface area (Å²) in [6, 6.07) is 5.07. The molecule has 1 aromatic rings. The number of amides is 2. The van der Waals surface area contributed by atoms with Gasteiger partial charge in [-0.15, -0.1) is 0 Å². The third kappa shape index (κ3) is 7.94. The zero-order valence-corrected chi connectivity index (χ0v) is 13.1. The molecule has 0 heterocycles. The Hall–Kier alpha value is -2.44. The highest BCUT2D eigenvalue weighted by molar-refractivity contribution is 5.96. The number of methoxy groups -OCH3 is 1. The van der Waals surface area contributed by atoms with Crippen molar-refractivity contribution in [2.75, 3.05) is 20.2 Å². The molecule has 7 heteroatoms. The summed E-state index contributed by atoms with van der Waals surface area (Å²) in [7, 11) is 1.35. The smallest absolute Gasteiger partial charge is 0.305 e. The highest BCUT2D eigenvalue weighted by atomic mass is 19.1. The van der Waals surface area contributed by atoms with E-state index < -0.39 is 11.7 Å². The van der Waals surface area contributed by atoms with Crippen LogP contribution in [0.15, 0.2) is 24.3 Å². The molecule has 126 valence electrons. The van der Waals surface area contributed by atoms with Crippen molar-refractivity contribution in [3.8, 4) is 0 Å². The highest BCUT2D eigenvalue weighted by Crippen LogP contribution is 2.02. The summed E-state index contributed by atoms with van der Waals surface area (Å²) in [5.74, 6) is -1.39. The van der Waals surface area contributed by atoms with Gasteiger partial charge in [-0.05, 0) is 37.1 Å². The number of nitrogens with one attached hydrogen (secondary N) is 2. The normalized spacial score (nSPS) is 10.0. The van der Waals surface area contributed by atoms with Crippen molar-refractivity contribution in [3.05, 3.63) is 35.6 Å². The minimum Gasteiger partial charge on any atom is -0.469 e. The van der Waals surface area contributed by atoms with Gasteiger partial charge in [0.1, 0.15) is 5.82 Å². The SMILES string of the molecule is COC(=O)CCCCCNC(=O)CNC(=O)c1ccc(F)cc1. The summed E-state index contributed by atoms with van der Waals surface area (Å²) in [5, 5.41) is 5.13. The number of hydrogen-bond acceptors (Lipinski definition) is 4. The number of carbonyl (C=O) groups is 3. The maximum Gasteiger partial charge on any atom is 0.305 e. The van der Waals surface area contributed by atoms with Gasteiger partial charge in [0.15, 0.2) is 0 Å². The molecule has 0 fully saturated rings. The van der Waals surface area contributed by atoms with Crippen LogP contribution in [0.1, 0.15) is 36.0 Å². The summed E-state index contributed by atoms with van der Waals surface area (Å²) in [4.78, 5) is 34.2. The van der Waals surface area contributed by atoms with Gasteiger partial charge in [-0.1, -0.05) is 6.42 Å². The van der Waals surface area contributed by atoms with Gasteiger partial charge in [-0.3, -0.25) is 14.4 Å². The Bertz CT molecular complexity index is 531. The molecule has 0 unspecified atom stereocenters. The molecule has 0 spiro atoms. The van der Waals surface area contributed by atoms with Crippen molar-refractivity contribution >= 4 is 17.8 Å². The summed E-state index contributed by atoms with van der Waals surface area (Å²) in [6.07, 6.45) is 2.63. The number of unbranched alkanes of at least 4 members (excludes halogenated alkanes) is 2. The van der Waals surface area contributed by atoms with Crippen LogP contribution >= 0.6 is 0 Å². The fraction of sp³-hybridized carbons (Fsp3) is 0.438. The molecule has 23 heavy (non-hydrogen) atoms. The average molecular weight is 324 g/mol. The molecule has 6 nitrogen and oxygen atoms in total. The molecule has 0 radical (unpaired) electrons. The number of halogens is 1. The van der Waals surface area contributed by atoms with Crippen LogP contribution in [-0.2, 0) is 14.3 Å². The van der Waals surface area contributed by atoms with Crippen molar-refractivity contribution in [3.63, 3.8) is 0 Å². The third-order valence-corrected chi connectivity index (χ3v) is 3.12. The molecule has 0 atom stereocenters. The second kappa shape index (κ2) is 10.3. The number of rotatable bonds is 9. The zero-order chi connectivity index (χ0) is 17.1. The van der Waals surface area contributed by atoms with E-state index in [0.717, 1.165) is 12.8 Å². The Morgan fingerprint density at radius 1 is 1.04 bits per heavy atom. The van der Waals surface area contributed by atoms with Crippen LogP contribution in [0.3, 0.4) is 0 Å². The van der Waals surface area contributed by atoms with Crippen LogP contribution in [0.2, 0.25) is 0 Å². The van der Waals surface area contributed by atoms with E-state index in [0.29, 0.717) is 24.9 Å². The minimum absolute atomic E-state index is 0.141. The Balaban J connectivity index is 2.11. The standard InChI is InChI=1S/C16H21FN2O4/c1-23-15(21)5-3-2-4-10-18-14(20)11-19-16(22)12-6-8-13(17)9-7-12/h6-9H,2-5,10-11H2,1H3,(H,18,20)(H,19,22). The fourth-order valence-electron chi connectivity index (χ4n) is 1.83. The molecule has 0 bridgehead atoms. The molecule has 0 aliphatic carbocycles. The van der Waals surface area contributed by atoms with E-state index >= 15 is 0 Å². The second-order valence-corrected chi connectivity index (χ2v) is 4.93. The fourth-order valence-corrected chi connectivity index (χ4v) is 1.83. The first kappa shape index (κ1) is 18.6. The average Bonchev–Trinajstić information content (AvgIpc) is 2.56. The van der Waals surface area contributed by atoms with Crippen molar-refractivity contribution in [1.29, 1.82) is 0 Å². The molecule has 2 N–H and O–H groups in total. The van der Waals surface area contributed by atoms with Crippen molar-refractivity contribution in [1.82, 2.24) is 10.6 Å². The maximum atomic E-state index is 12.7. The topological polar surface area (TPSA) is 84.5 Å². The molecule has 0 aliphatic rings. The van der Waals surface area contributed by atoms with Gasteiger partial charge < -0.3 is 15.4 Å². The van der Waals surface area contributed by atoms with Gasteiger partial charge in [0, 0.05) is 18.5 Å². The Morgan fingerprint density at radius 2 is 1.74 bits per heavy atom. The second-order valence-electron chi connectivity index (χ2n) is 4.93. The largest absolute Gasteiger partial charge is 0.469 e. The van der Waals surface area contributed by atoms with E-state index in [1.807, 2.05) is 0 Å². The highest BCUT2D eigenvalue weighted by Gasteiger charge is 2.07. The van der Waals surface area contributed by atoms with Gasteiger partial charge in [-0.25, -0.2) is 4.39 Å². The lowest BCUT2D eigenvalue weighted by molar-refractivity contribution is -0.140. The molecule has 0 saturated carbocycles. The quantitative estimate of drug-likeness (QED) is 0.531. The first-order chi connectivity index (χ1) is 11.0. The number of hydrogen-bond donors (Lipinski definition) is 2. The molecular weight excluding hydrogens is 303 g/mol. The van der Waals surface area contributed by atoms with E-state index in [1.54, 1.807) is 0 Å². The first-order valence-corrected chi connectivity index (χ1v) is 7.40. The van der Waals surface area contributed by atoms with Crippen LogP contribution in [-0.4, -0.2) is 38.0 Å². The molecular formula is C16H21FN2O4. The van der Waals surface area contributed by atoms with Crippen LogP contribution in [0.25, 0.3) is 0 Å². The van der Waals surface area contributed by atoms with E-state index in [9.17, 15) is 18.8 Å². The van der Waals surface area contributed by atoms with E-state index in [4.69, 9.17) is 0 Å². The summed E-state index contributed by atoms with van der Waals surface area (Å²) in [6.45, 7) is 0.338. The van der Waals surface area contributed by atoms with Crippen molar-refractivity contribution < 1.29 is 23.5 Å². The van der Waals surface area contributed by atoms with E-state index in [-0.39, 0.29) is 18.4 Å². The van der Waals surface area contributed by atoms with Gasteiger partial charge in [0.05, 0.1) is 13.7 Å². The Morgan fingerprint density at radius 3 is 2.39 bits per heavy atom. The molecule has 0 aromatic heterocycles. The molecule has 1 rings (SSSR count). The van der Waals surface area contributed by atoms with Gasteiger partial charge in [0.2, 0.25) is 5.91 Å². The van der Waals surface area contributed by atoms with E-state index in [2.05, 4.69) is 15.4 Å². The van der Waals surface area contributed by atoms with Crippen LogP contribution in [0.4, 0.5) is 4.39 Å². The van der Waals surface area contributed by atoms with Crippen LogP contribution in [0.5, 0.6) is 0 Å². The predicted molar refractivity (Wildman–Crippen MR) is 82.2 cm³/mol. The lowest BCUT2D eigenvalue weighted by Crippen LogP contribution is -2.37. The molecule has 0 aliphatic heterocycles. The van der Waals surface area contributed by atoms with Crippen molar-refractivity contribution in [2.24, 2.45) is 0 Å². The lowest BCUT2D eigenvalue weighted by atomic mass is 10.2. The summed E-state index contributed by atoms with van der Waals surface area (Å²) in [5.41, 5.74) is 0.294. The van der Waals surface area contributed by atoms with Crippen LogP contribution in [0, 0.1) is 5.82 Å². The van der Waals surface area contributed by atoms with Crippen LogP contribution < -0.4 is 10.6 Å². The minimum atomic E-state index is -0.432. The third-order valence-electron chi connectivity index (χ3n) is 3.12. The van der Waals surface area contributed by atoms with Gasteiger partial charge >= 0.3 is 5.97 Å². The van der Waals surface area contributed by atoms with Gasteiger partial charge in [-0.2, -0.15) is 0 Å². The number of ether oxygens (including phenoxy) is 1. The van der Waals surface area contributed by atoms with E-state index in [1.165, 1.54) is 31.4 Å². The Labute approximate surface area is 134 Å². The molecule has 2 amide bonds. The predicted octanol–water partition coefficient (Wildman–Crippen LogP) is 1.41. The maximum absolute atomic E-state index is 12.7. The molecule has 1 aromatic carbocycles. The van der Waals surface area contributed by atoms with Crippen molar-refractivity contribution in [2.45, 2.75) is 25.7 Å².